The van der Waals surface area contributed by atoms with Crippen molar-refractivity contribution in [2.24, 2.45) is 5.92 Å². The highest BCUT2D eigenvalue weighted by Crippen LogP contribution is 2.37. The molecule has 0 saturated heterocycles. The number of hydrogen-bond donors (Lipinski definition) is 2. The molecule has 24 heavy (non-hydrogen) atoms. The van der Waals surface area contributed by atoms with Crippen molar-refractivity contribution in [1.82, 2.24) is 5.32 Å². The lowest BCUT2D eigenvalue weighted by Crippen LogP contribution is -2.36. The number of nitrogens with one attached hydrogen (secondary N) is 1. The van der Waals surface area contributed by atoms with E-state index >= 15 is 0 Å². The van der Waals surface area contributed by atoms with Crippen LogP contribution in [0.2, 0.25) is 0 Å². The van der Waals surface area contributed by atoms with E-state index in [9.17, 15) is 9.90 Å². The van der Waals surface area contributed by atoms with E-state index in [2.05, 4.69) is 17.4 Å². The van der Waals surface area contributed by atoms with Crippen LogP contribution in [0, 0.1) is 5.92 Å². The topological polar surface area (TPSA) is 49.3 Å². The van der Waals surface area contributed by atoms with Gasteiger partial charge in [-0.3, -0.25) is 4.79 Å². The largest absolute Gasteiger partial charge is 0.392 e. The van der Waals surface area contributed by atoms with E-state index in [1.54, 1.807) is 0 Å². The zero-order chi connectivity index (χ0) is 16.8. The molecule has 1 amide bonds. The summed E-state index contributed by atoms with van der Waals surface area (Å²) in [6.45, 7) is 0.546. The molecule has 3 heteroatoms. The van der Waals surface area contributed by atoms with Crippen LogP contribution in [0.15, 0.2) is 60.7 Å². The lowest BCUT2D eigenvalue weighted by atomic mass is 9.74. The number of rotatable bonds is 5. The van der Waals surface area contributed by atoms with Gasteiger partial charge in [0.1, 0.15) is 0 Å². The molecule has 3 atom stereocenters. The van der Waals surface area contributed by atoms with Gasteiger partial charge in [-0.1, -0.05) is 67.1 Å². The van der Waals surface area contributed by atoms with Crippen LogP contribution in [-0.2, 0) is 11.3 Å². The van der Waals surface area contributed by atoms with Crippen LogP contribution in [0.25, 0.3) is 0 Å². The molecule has 126 valence electrons. The van der Waals surface area contributed by atoms with Gasteiger partial charge in [0.15, 0.2) is 0 Å². The zero-order valence-corrected chi connectivity index (χ0v) is 13.9. The van der Waals surface area contributed by atoms with Crippen molar-refractivity contribution in [3.05, 3.63) is 71.8 Å². The van der Waals surface area contributed by atoms with Gasteiger partial charge in [-0.15, -0.1) is 0 Å². The Hall–Kier alpha value is -2.13. The molecular formula is C21H25NO2. The summed E-state index contributed by atoms with van der Waals surface area (Å²) in [7, 11) is 0. The zero-order valence-electron chi connectivity index (χ0n) is 13.9. The fraction of sp³-hybridized carbons (Fsp3) is 0.381. The summed E-state index contributed by atoms with van der Waals surface area (Å²) in [5, 5.41) is 13.7. The standard InChI is InChI=1S/C21H25NO2/c23-20(22-15-16-8-3-1-4-9-16)14-18-12-7-13-19(21(18)24)17-10-5-2-6-11-17/h1-6,8-11,18-19,21,24H,7,12-15H2,(H,22,23)/t18-,19+,21+/m1/s1. The van der Waals surface area contributed by atoms with Gasteiger partial charge in [0.05, 0.1) is 6.10 Å². The van der Waals surface area contributed by atoms with E-state index in [0.717, 1.165) is 24.8 Å². The monoisotopic (exact) mass is 323 g/mol. The molecule has 1 fully saturated rings. The fourth-order valence-electron chi connectivity index (χ4n) is 3.66. The van der Waals surface area contributed by atoms with Gasteiger partial charge in [-0.25, -0.2) is 0 Å². The lowest BCUT2D eigenvalue weighted by molar-refractivity contribution is -0.123. The van der Waals surface area contributed by atoms with Crippen LogP contribution in [0.1, 0.15) is 42.7 Å². The summed E-state index contributed by atoms with van der Waals surface area (Å²) in [5.41, 5.74) is 2.27. The number of carbonyl (C=O) groups is 1. The maximum atomic E-state index is 12.3. The second-order valence-corrected chi connectivity index (χ2v) is 6.67. The molecule has 3 rings (SSSR count). The van der Waals surface area contributed by atoms with Crippen LogP contribution in [0.5, 0.6) is 0 Å². The van der Waals surface area contributed by atoms with Gasteiger partial charge in [0, 0.05) is 18.9 Å². The van der Waals surface area contributed by atoms with Crippen molar-refractivity contribution in [3.8, 4) is 0 Å². The molecule has 2 aromatic rings. The van der Waals surface area contributed by atoms with Crippen molar-refractivity contribution in [2.45, 2.75) is 44.2 Å². The van der Waals surface area contributed by atoms with Crippen molar-refractivity contribution in [2.75, 3.05) is 0 Å². The average molecular weight is 323 g/mol. The second-order valence-electron chi connectivity index (χ2n) is 6.67. The molecule has 0 aromatic heterocycles. The average Bonchev–Trinajstić information content (AvgIpc) is 2.63. The van der Waals surface area contributed by atoms with E-state index in [1.165, 1.54) is 5.56 Å². The maximum absolute atomic E-state index is 12.3. The Bertz CT molecular complexity index is 641. The minimum atomic E-state index is -0.441. The highest BCUT2D eigenvalue weighted by Gasteiger charge is 2.33. The summed E-state index contributed by atoms with van der Waals surface area (Å²) in [6.07, 6.45) is 2.94. The SMILES string of the molecule is O=C(C[C@H]1CCC[C@@H](c2ccccc2)[C@H]1O)NCc1ccccc1. The number of benzene rings is 2. The summed E-state index contributed by atoms with van der Waals surface area (Å²) in [5.74, 6) is 0.211. The second kappa shape index (κ2) is 8.11. The van der Waals surface area contributed by atoms with E-state index in [0.29, 0.717) is 13.0 Å². The molecule has 0 bridgehead atoms. The Labute approximate surface area is 143 Å². The van der Waals surface area contributed by atoms with Crippen molar-refractivity contribution in [1.29, 1.82) is 0 Å². The number of carbonyl (C=O) groups excluding carboxylic acids is 1. The minimum absolute atomic E-state index is 0.0246. The molecule has 0 spiro atoms. The molecule has 0 unspecified atom stereocenters. The Morgan fingerprint density at radius 1 is 1.00 bits per heavy atom. The van der Waals surface area contributed by atoms with E-state index < -0.39 is 6.10 Å². The van der Waals surface area contributed by atoms with Gasteiger partial charge in [-0.2, -0.15) is 0 Å². The van der Waals surface area contributed by atoms with E-state index in [-0.39, 0.29) is 17.7 Å². The number of amides is 1. The molecule has 1 saturated carbocycles. The number of hydrogen-bond acceptors (Lipinski definition) is 2. The Morgan fingerprint density at radius 2 is 1.67 bits per heavy atom. The molecule has 0 heterocycles. The highest BCUT2D eigenvalue weighted by atomic mass is 16.3. The Morgan fingerprint density at radius 3 is 2.38 bits per heavy atom. The van der Waals surface area contributed by atoms with Gasteiger partial charge in [-0.05, 0) is 29.9 Å². The smallest absolute Gasteiger partial charge is 0.220 e. The predicted octanol–water partition coefficient (Wildman–Crippen LogP) is 3.64. The number of aliphatic hydroxyl groups excluding tert-OH is 1. The first-order valence-corrected chi connectivity index (χ1v) is 8.77. The third-order valence-electron chi connectivity index (χ3n) is 4.99. The van der Waals surface area contributed by atoms with Crippen LogP contribution in [-0.4, -0.2) is 17.1 Å². The molecule has 2 N–H and O–H groups in total. The molecular weight excluding hydrogens is 298 g/mol. The Kier molecular flexibility index (Phi) is 5.65. The summed E-state index contributed by atoms with van der Waals surface area (Å²) < 4.78 is 0. The van der Waals surface area contributed by atoms with E-state index in [1.807, 2.05) is 48.5 Å². The lowest BCUT2D eigenvalue weighted by Gasteiger charge is -2.35. The van der Waals surface area contributed by atoms with Crippen molar-refractivity contribution in [3.63, 3.8) is 0 Å². The van der Waals surface area contributed by atoms with Crippen LogP contribution >= 0.6 is 0 Å². The Balaban J connectivity index is 1.55. The van der Waals surface area contributed by atoms with Crippen LogP contribution in [0.4, 0.5) is 0 Å². The van der Waals surface area contributed by atoms with Crippen molar-refractivity contribution >= 4 is 5.91 Å². The van der Waals surface area contributed by atoms with Crippen LogP contribution < -0.4 is 5.32 Å². The normalized spacial score (nSPS) is 23.6. The third kappa shape index (κ3) is 4.24. The van der Waals surface area contributed by atoms with Gasteiger partial charge >= 0.3 is 0 Å². The predicted molar refractivity (Wildman–Crippen MR) is 95.4 cm³/mol. The first kappa shape index (κ1) is 16.7. The molecule has 3 nitrogen and oxygen atoms in total. The third-order valence-corrected chi connectivity index (χ3v) is 4.99. The van der Waals surface area contributed by atoms with Crippen LogP contribution in [0.3, 0.4) is 0 Å². The first-order chi connectivity index (χ1) is 11.7. The quantitative estimate of drug-likeness (QED) is 0.882. The highest BCUT2D eigenvalue weighted by molar-refractivity contribution is 5.76. The minimum Gasteiger partial charge on any atom is -0.392 e. The van der Waals surface area contributed by atoms with Gasteiger partial charge in [0.2, 0.25) is 5.91 Å². The molecule has 1 aliphatic rings. The summed E-state index contributed by atoms with van der Waals surface area (Å²) in [4.78, 5) is 12.3. The molecule has 1 aliphatic carbocycles. The molecule has 0 radical (unpaired) electrons. The molecule has 0 aliphatic heterocycles. The van der Waals surface area contributed by atoms with Crippen molar-refractivity contribution < 1.29 is 9.90 Å². The first-order valence-electron chi connectivity index (χ1n) is 8.77. The summed E-state index contributed by atoms with van der Waals surface area (Å²) >= 11 is 0. The van der Waals surface area contributed by atoms with E-state index in [4.69, 9.17) is 0 Å². The van der Waals surface area contributed by atoms with Gasteiger partial charge in [0.25, 0.3) is 0 Å². The maximum Gasteiger partial charge on any atom is 0.220 e. The fourth-order valence-corrected chi connectivity index (χ4v) is 3.66. The summed E-state index contributed by atoms with van der Waals surface area (Å²) in [6, 6.07) is 20.1. The van der Waals surface area contributed by atoms with Gasteiger partial charge < -0.3 is 10.4 Å². The number of aliphatic hydroxyl groups is 1. The molecule has 2 aromatic carbocycles.